The van der Waals surface area contributed by atoms with Crippen LogP contribution in [0.4, 0.5) is 4.39 Å². The van der Waals surface area contributed by atoms with Crippen molar-refractivity contribution in [2.45, 2.75) is 18.6 Å². The maximum Gasteiger partial charge on any atom is 0.260 e. The van der Waals surface area contributed by atoms with Crippen molar-refractivity contribution in [2.24, 2.45) is 5.16 Å². The number of oxime groups is 1. The fourth-order valence-electron chi connectivity index (χ4n) is 4.39. The number of rotatable bonds is 5. The highest BCUT2D eigenvalue weighted by Gasteiger charge is 2.49. The molecular weight excluding hydrogens is 423 g/mol. The molecule has 1 N–H and O–H groups in total. The molecule has 33 heavy (non-hydrogen) atoms. The Balaban J connectivity index is 1.47. The summed E-state index contributed by atoms with van der Waals surface area (Å²) in [4.78, 5) is 7.78. The van der Waals surface area contributed by atoms with Crippen LogP contribution in [0.1, 0.15) is 24.0 Å². The average molecular weight is 446 g/mol. The van der Waals surface area contributed by atoms with Gasteiger partial charge in [0.15, 0.2) is 5.84 Å². The van der Waals surface area contributed by atoms with E-state index in [0.717, 1.165) is 40.9 Å². The van der Waals surface area contributed by atoms with E-state index in [-0.39, 0.29) is 12.4 Å². The van der Waals surface area contributed by atoms with Gasteiger partial charge in [-0.3, -0.25) is 0 Å². The maximum absolute atomic E-state index is 13.5. The Morgan fingerprint density at radius 2 is 2.03 bits per heavy atom. The SMILES string of the molecule is COc1cc(/C=C2\CCCN3C2=NOC3(CO)c2ccc(F)cc2)ccc1-c1ccnnc1. The number of methoxy groups -OCH3 is 1. The smallest absolute Gasteiger partial charge is 0.260 e. The van der Waals surface area contributed by atoms with Gasteiger partial charge in [0.05, 0.1) is 19.5 Å². The first-order chi connectivity index (χ1) is 16.1. The largest absolute Gasteiger partial charge is 0.496 e. The molecule has 2 aliphatic rings. The van der Waals surface area contributed by atoms with Gasteiger partial charge in [0, 0.05) is 23.2 Å². The third-order valence-electron chi connectivity index (χ3n) is 6.06. The summed E-state index contributed by atoms with van der Waals surface area (Å²) < 4.78 is 19.1. The molecule has 1 unspecified atom stereocenters. The summed E-state index contributed by atoms with van der Waals surface area (Å²) in [7, 11) is 1.64. The van der Waals surface area contributed by atoms with Crippen LogP contribution in [0.3, 0.4) is 0 Å². The van der Waals surface area contributed by atoms with Crippen LogP contribution >= 0.6 is 0 Å². The highest BCUT2D eigenvalue weighted by Crippen LogP contribution is 2.40. The van der Waals surface area contributed by atoms with Crippen LogP contribution in [0.15, 0.2) is 71.7 Å². The summed E-state index contributed by atoms with van der Waals surface area (Å²) in [6.07, 6.45) is 7.10. The topological polar surface area (TPSA) is 80.1 Å². The van der Waals surface area contributed by atoms with E-state index in [1.54, 1.807) is 31.6 Å². The lowest BCUT2D eigenvalue weighted by Crippen LogP contribution is -2.51. The fraction of sp³-hybridized carbons (Fsp3) is 0.240. The fourth-order valence-corrected chi connectivity index (χ4v) is 4.39. The van der Waals surface area contributed by atoms with Gasteiger partial charge >= 0.3 is 0 Å². The van der Waals surface area contributed by atoms with Gasteiger partial charge in [0.2, 0.25) is 0 Å². The van der Waals surface area contributed by atoms with Gasteiger partial charge in [0.25, 0.3) is 5.72 Å². The van der Waals surface area contributed by atoms with Crippen molar-refractivity contribution in [3.05, 3.63) is 83.4 Å². The van der Waals surface area contributed by atoms with Crippen molar-refractivity contribution < 1.29 is 19.1 Å². The number of halogens is 1. The summed E-state index contributed by atoms with van der Waals surface area (Å²) in [5.74, 6) is 1.07. The first-order valence-electron chi connectivity index (χ1n) is 10.7. The highest BCUT2D eigenvalue weighted by molar-refractivity contribution is 6.03. The van der Waals surface area contributed by atoms with Gasteiger partial charge in [-0.25, -0.2) is 4.39 Å². The Bertz CT molecular complexity index is 1210. The van der Waals surface area contributed by atoms with Crippen LogP contribution < -0.4 is 4.74 Å². The van der Waals surface area contributed by atoms with Crippen molar-refractivity contribution in [2.75, 3.05) is 20.3 Å². The lowest BCUT2D eigenvalue weighted by Gasteiger charge is -2.38. The zero-order valence-corrected chi connectivity index (χ0v) is 18.1. The first kappa shape index (κ1) is 21.1. The third-order valence-corrected chi connectivity index (χ3v) is 6.06. The molecule has 0 radical (unpaired) electrons. The molecule has 3 heterocycles. The van der Waals surface area contributed by atoms with E-state index < -0.39 is 5.72 Å². The number of ether oxygens (including phenoxy) is 1. The molecule has 0 spiro atoms. The van der Waals surface area contributed by atoms with E-state index in [4.69, 9.17) is 9.57 Å². The number of benzene rings is 2. The number of amidine groups is 1. The normalized spacial score (nSPS) is 20.9. The number of aromatic nitrogens is 2. The Kier molecular flexibility index (Phi) is 5.51. The second kappa shape index (κ2) is 8.63. The maximum atomic E-state index is 13.5. The predicted molar refractivity (Wildman–Crippen MR) is 122 cm³/mol. The molecule has 1 aromatic heterocycles. The average Bonchev–Trinajstić information content (AvgIpc) is 3.26. The molecule has 0 aliphatic carbocycles. The minimum absolute atomic E-state index is 0.304. The summed E-state index contributed by atoms with van der Waals surface area (Å²) in [6.45, 7) is 0.368. The molecule has 0 saturated carbocycles. The lowest BCUT2D eigenvalue weighted by atomic mass is 9.94. The van der Waals surface area contributed by atoms with Gasteiger partial charge in [-0.2, -0.15) is 10.2 Å². The molecule has 7 nitrogen and oxygen atoms in total. The molecule has 0 amide bonds. The minimum Gasteiger partial charge on any atom is -0.496 e. The molecule has 8 heteroatoms. The van der Waals surface area contributed by atoms with Crippen molar-refractivity contribution in [1.29, 1.82) is 0 Å². The zero-order valence-electron chi connectivity index (χ0n) is 18.1. The number of nitrogens with zero attached hydrogens (tertiary/aromatic N) is 4. The van der Waals surface area contributed by atoms with Gasteiger partial charge in [-0.15, -0.1) is 0 Å². The molecule has 2 aliphatic heterocycles. The van der Waals surface area contributed by atoms with E-state index >= 15 is 0 Å². The van der Waals surface area contributed by atoms with E-state index in [1.165, 1.54) is 12.1 Å². The van der Waals surface area contributed by atoms with Crippen LogP contribution in [0.25, 0.3) is 17.2 Å². The predicted octanol–water partition coefficient (Wildman–Crippen LogP) is 3.96. The van der Waals surface area contributed by atoms with Crippen LogP contribution in [-0.4, -0.2) is 46.3 Å². The molecule has 1 saturated heterocycles. The number of piperidine rings is 1. The number of fused-ring (bicyclic) bond motifs is 1. The van der Waals surface area contributed by atoms with Crippen molar-refractivity contribution in [1.82, 2.24) is 15.1 Å². The van der Waals surface area contributed by atoms with Gasteiger partial charge < -0.3 is 19.6 Å². The van der Waals surface area contributed by atoms with Gasteiger partial charge in [-0.1, -0.05) is 11.2 Å². The minimum atomic E-state index is -1.15. The van der Waals surface area contributed by atoms with E-state index in [9.17, 15) is 9.50 Å². The second-order valence-corrected chi connectivity index (χ2v) is 7.97. The monoisotopic (exact) mass is 446 g/mol. The van der Waals surface area contributed by atoms with Gasteiger partial charge in [-0.05, 0) is 72.5 Å². The molecule has 5 rings (SSSR count). The Morgan fingerprint density at radius 1 is 1.18 bits per heavy atom. The summed E-state index contributed by atoms with van der Waals surface area (Å²) >= 11 is 0. The lowest BCUT2D eigenvalue weighted by molar-refractivity contribution is -0.137. The third kappa shape index (κ3) is 3.72. The Hall–Kier alpha value is -3.78. The number of hydrogen-bond acceptors (Lipinski definition) is 7. The molecule has 3 aromatic rings. The van der Waals surface area contributed by atoms with Crippen molar-refractivity contribution in [3.8, 4) is 16.9 Å². The Morgan fingerprint density at radius 3 is 2.76 bits per heavy atom. The number of aliphatic hydroxyl groups excluding tert-OH is 1. The van der Waals surface area contributed by atoms with Crippen LogP contribution in [0.5, 0.6) is 5.75 Å². The second-order valence-electron chi connectivity index (χ2n) is 7.97. The Labute approximate surface area is 190 Å². The summed E-state index contributed by atoms with van der Waals surface area (Å²) in [5.41, 5.74) is 3.31. The molecular formula is C25H23FN4O3. The molecule has 0 bridgehead atoms. The quantitative estimate of drug-likeness (QED) is 0.639. The molecule has 1 fully saturated rings. The van der Waals surface area contributed by atoms with Crippen molar-refractivity contribution in [3.63, 3.8) is 0 Å². The van der Waals surface area contributed by atoms with E-state index in [0.29, 0.717) is 17.9 Å². The first-order valence-corrected chi connectivity index (χ1v) is 10.7. The number of aliphatic hydroxyl groups is 1. The van der Waals surface area contributed by atoms with E-state index in [2.05, 4.69) is 21.4 Å². The van der Waals surface area contributed by atoms with Gasteiger partial charge in [0.1, 0.15) is 18.2 Å². The standard InChI is InChI=1S/C25H23FN4O3/c1-32-23-14-17(4-9-22(23)19-10-11-27-28-15-19)13-18-3-2-12-30-24(18)29-33-25(30,16-31)20-5-7-21(26)8-6-20/h4-11,13-15,31H,2-3,12,16H2,1H3/b18-13+. The van der Waals surface area contributed by atoms with Crippen LogP contribution in [0.2, 0.25) is 0 Å². The molecule has 1 atom stereocenters. The summed E-state index contributed by atoms with van der Waals surface area (Å²) in [6, 6.07) is 13.8. The van der Waals surface area contributed by atoms with Crippen LogP contribution in [0, 0.1) is 5.82 Å². The molecule has 2 aromatic carbocycles. The summed E-state index contributed by atoms with van der Waals surface area (Å²) in [5, 5.41) is 22.4. The zero-order chi connectivity index (χ0) is 22.8. The van der Waals surface area contributed by atoms with Crippen molar-refractivity contribution >= 4 is 11.9 Å². The molecule has 168 valence electrons. The highest BCUT2D eigenvalue weighted by atomic mass is 19.1. The van der Waals surface area contributed by atoms with E-state index in [1.807, 2.05) is 29.2 Å². The van der Waals surface area contributed by atoms with Crippen LogP contribution in [-0.2, 0) is 10.6 Å². The number of hydrogen-bond donors (Lipinski definition) is 1.